The van der Waals surface area contributed by atoms with Crippen molar-refractivity contribution in [1.82, 2.24) is 30.4 Å². The Morgan fingerprint density at radius 3 is 2.86 bits per heavy atom. The van der Waals surface area contributed by atoms with E-state index < -0.39 is 0 Å². The normalized spacial score (nSPS) is 18.9. The maximum Gasteiger partial charge on any atom is 0.232 e. The van der Waals surface area contributed by atoms with Crippen LogP contribution in [0, 0.1) is 5.92 Å². The Labute approximate surface area is 170 Å². The number of aromatic nitrogens is 6. The maximum atomic E-state index is 12.1. The summed E-state index contributed by atoms with van der Waals surface area (Å²) in [7, 11) is 1.86. The molecule has 0 unspecified atom stereocenters. The second kappa shape index (κ2) is 8.65. The molecule has 2 atom stereocenters. The Morgan fingerprint density at radius 2 is 2.07 bits per heavy atom. The lowest BCUT2D eigenvalue weighted by Crippen LogP contribution is -2.15. The minimum atomic E-state index is -0.151. The molecular weight excluding hydrogens is 396 g/mol. The molecule has 146 valence electrons. The van der Waals surface area contributed by atoms with Gasteiger partial charge in [0.05, 0.1) is 12.1 Å². The van der Waals surface area contributed by atoms with E-state index in [-0.39, 0.29) is 12.3 Å². The Kier molecular flexibility index (Phi) is 5.81. The average molecular weight is 417 g/mol. The monoisotopic (exact) mass is 416 g/mol. The minimum absolute atomic E-state index is 0.151. The molecule has 1 fully saturated rings. The van der Waals surface area contributed by atoms with Gasteiger partial charge >= 0.3 is 0 Å². The number of hydrogen-bond acceptors (Lipinski definition) is 10. The summed E-state index contributed by atoms with van der Waals surface area (Å²) in [6.45, 7) is 0. The summed E-state index contributed by atoms with van der Waals surface area (Å²) in [6.07, 6.45) is 7.51. The molecule has 0 radical (unpaired) electrons. The van der Waals surface area contributed by atoms with Crippen LogP contribution < -0.4 is 10.6 Å². The van der Waals surface area contributed by atoms with Gasteiger partial charge in [-0.2, -0.15) is 0 Å². The van der Waals surface area contributed by atoms with Crippen LogP contribution in [-0.4, -0.2) is 43.3 Å². The maximum absolute atomic E-state index is 12.1. The van der Waals surface area contributed by atoms with Crippen LogP contribution in [0.4, 0.5) is 10.3 Å². The van der Waals surface area contributed by atoms with Crippen molar-refractivity contribution in [3.05, 3.63) is 34.3 Å². The standard InChI is InChI=1S/C17H20N8OS2/c1-18-16-24-22-14(27-16)7-10-2-3-11(6-10)15-23-25-17(28-15)21-13(26)8-12-4-5-19-9-20-12/h4-5,9-11H,2-3,6-8H2,1H3,(H,18,24)(H,21,25,26)/t10-,11+/m0/s1. The zero-order chi connectivity index (χ0) is 19.3. The van der Waals surface area contributed by atoms with E-state index in [4.69, 9.17) is 0 Å². The van der Waals surface area contributed by atoms with Crippen molar-refractivity contribution in [1.29, 1.82) is 0 Å². The van der Waals surface area contributed by atoms with Crippen LogP contribution in [0.25, 0.3) is 0 Å². The topological polar surface area (TPSA) is 118 Å². The van der Waals surface area contributed by atoms with E-state index in [0.717, 1.165) is 40.8 Å². The summed E-state index contributed by atoms with van der Waals surface area (Å²) in [4.78, 5) is 20.1. The number of nitrogens with one attached hydrogen (secondary N) is 2. The molecule has 1 aliphatic rings. The molecule has 2 N–H and O–H groups in total. The molecule has 9 nitrogen and oxygen atoms in total. The van der Waals surface area contributed by atoms with Gasteiger partial charge in [-0.05, 0) is 31.2 Å². The van der Waals surface area contributed by atoms with E-state index in [2.05, 4.69) is 41.0 Å². The molecule has 3 aromatic heterocycles. The summed E-state index contributed by atoms with van der Waals surface area (Å²) < 4.78 is 0. The van der Waals surface area contributed by atoms with E-state index in [1.807, 2.05) is 7.05 Å². The molecule has 4 rings (SSSR count). The van der Waals surface area contributed by atoms with Crippen molar-refractivity contribution in [2.75, 3.05) is 17.7 Å². The van der Waals surface area contributed by atoms with E-state index >= 15 is 0 Å². The highest BCUT2D eigenvalue weighted by atomic mass is 32.1. The molecule has 0 saturated heterocycles. The van der Waals surface area contributed by atoms with Gasteiger partial charge in [-0.3, -0.25) is 4.79 Å². The van der Waals surface area contributed by atoms with Crippen LogP contribution in [0.5, 0.6) is 0 Å². The van der Waals surface area contributed by atoms with Gasteiger partial charge in [-0.25, -0.2) is 9.97 Å². The first kappa shape index (κ1) is 18.8. The van der Waals surface area contributed by atoms with Crippen LogP contribution in [0.15, 0.2) is 18.6 Å². The van der Waals surface area contributed by atoms with Crippen molar-refractivity contribution in [3.63, 3.8) is 0 Å². The summed E-state index contributed by atoms with van der Waals surface area (Å²) in [5.74, 6) is 0.830. The number of anilines is 2. The fourth-order valence-electron chi connectivity index (χ4n) is 3.37. The molecule has 1 amide bonds. The van der Waals surface area contributed by atoms with Crippen molar-refractivity contribution in [2.45, 2.75) is 38.0 Å². The molecule has 3 heterocycles. The molecule has 28 heavy (non-hydrogen) atoms. The highest BCUT2D eigenvalue weighted by Crippen LogP contribution is 2.41. The van der Waals surface area contributed by atoms with E-state index in [1.54, 1.807) is 23.6 Å². The Hall–Kier alpha value is -2.53. The van der Waals surface area contributed by atoms with E-state index in [0.29, 0.717) is 22.7 Å². The average Bonchev–Trinajstić information content (AvgIpc) is 3.44. The van der Waals surface area contributed by atoms with Crippen LogP contribution in [-0.2, 0) is 17.6 Å². The molecular formula is C17H20N8OS2. The SMILES string of the molecule is CNc1nnc(C[C@H]2CC[C@@H](c3nnc(NC(=O)Cc4ccncn4)s3)C2)s1. The number of carbonyl (C=O) groups is 1. The second-order valence-electron chi connectivity index (χ2n) is 6.70. The van der Waals surface area contributed by atoms with E-state index in [9.17, 15) is 4.79 Å². The summed E-state index contributed by atoms with van der Waals surface area (Å²) in [5.41, 5.74) is 0.675. The predicted octanol–water partition coefficient (Wildman–Crippen LogP) is 2.53. The van der Waals surface area contributed by atoms with Crippen LogP contribution in [0.2, 0.25) is 0 Å². The highest BCUT2D eigenvalue weighted by Gasteiger charge is 2.29. The molecule has 0 spiro atoms. The fourth-order valence-corrected chi connectivity index (χ4v) is 5.08. The summed E-state index contributed by atoms with van der Waals surface area (Å²) in [5, 5.41) is 26.1. The molecule has 1 saturated carbocycles. The smallest absolute Gasteiger partial charge is 0.232 e. The summed E-state index contributed by atoms with van der Waals surface area (Å²) >= 11 is 3.08. The Balaban J connectivity index is 1.30. The zero-order valence-electron chi connectivity index (χ0n) is 15.3. The summed E-state index contributed by atoms with van der Waals surface area (Å²) in [6, 6.07) is 1.72. The number of rotatable bonds is 7. The van der Waals surface area contributed by atoms with Crippen LogP contribution >= 0.6 is 22.7 Å². The van der Waals surface area contributed by atoms with Gasteiger partial charge in [-0.15, -0.1) is 20.4 Å². The third-order valence-corrected chi connectivity index (χ3v) is 6.67. The highest BCUT2D eigenvalue weighted by molar-refractivity contribution is 7.15. The molecule has 0 aliphatic heterocycles. The van der Waals surface area contributed by atoms with E-state index in [1.165, 1.54) is 17.7 Å². The lowest BCUT2D eigenvalue weighted by atomic mass is 10.0. The molecule has 0 aromatic carbocycles. The second-order valence-corrected chi connectivity index (χ2v) is 8.77. The van der Waals surface area contributed by atoms with Gasteiger partial charge in [0.25, 0.3) is 0 Å². The lowest BCUT2D eigenvalue weighted by molar-refractivity contribution is -0.115. The third kappa shape index (κ3) is 4.65. The number of amides is 1. The van der Waals surface area contributed by atoms with Gasteiger partial charge in [0, 0.05) is 25.6 Å². The van der Waals surface area contributed by atoms with Crippen molar-refractivity contribution in [3.8, 4) is 0 Å². The van der Waals surface area contributed by atoms with Crippen molar-refractivity contribution < 1.29 is 4.79 Å². The number of nitrogens with zero attached hydrogens (tertiary/aromatic N) is 6. The first-order valence-corrected chi connectivity index (χ1v) is 10.7. The first-order valence-electron chi connectivity index (χ1n) is 9.08. The quantitative estimate of drug-likeness (QED) is 0.603. The van der Waals surface area contributed by atoms with Crippen LogP contribution in [0.1, 0.15) is 40.9 Å². The lowest BCUT2D eigenvalue weighted by Gasteiger charge is -2.06. The zero-order valence-corrected chi connectivity index (χ0v) is 17.0. The Morgan fingerprint density at radius 1 is 1.18 bits per heavy atom. The van der Waals surface area contributed by atoms with Crippen molar-refractivity contribution >= 4 is 38.8 Å². The fraction of sp³-hybridized carbons (Fsp3) is 0.471. The first-order chi connectivity index (χ1) is 13.7. The number of carbonyl (C=O) groups excluding carboxylic acids is 1. The molecule has 3 aromatic rings. The van der Waals surface area contributed by atoms with Gasteiger partial charge < -0.3 is 10.6 Å². The van der Waals surface area contributed by atoms with Gasteiger partial charge in [0.15, 0.2) is 0 Å². The predicted molar refractivity (Wildman–Crippen MR) is 108 cm³/mol. The number of hydrogen-bond donors (Lipinski definition) is 2. The van der Waals surface area contributed by atoms with Crippen LogP contribution in [0.3, 0.4) is 0 Å². The molecule has 0 bridgehead atoms. The van der Waals surface area contributed by atoms with Gasteiger partial charge in [0.2, 0.25) is 16.2 Å². The minimum Gasteiger partial charge on any atom is -0.363 e. The molecule has 1 aliphatic carbocycles. The Bertz CT molecular complexity index is 928. The third-order valence-electron chi connectivity index (χ3n) is 4.71. The molecule has 11 heteroatoms. The van der Waals surface area contributed by atoms with Gasteiger partial charge in [-0.1, -0.05) is 22.7 Å². The van der Waals surface area contributed by atoms with Gasteiger partial charge in [0.1, 0.15) is 16.3 Å². The van der Waals surface area contributed by atoms with Crippen molar-refractivity contribution in [2.24, 2.45) is 5.92 Å². The largest absolute Gasteiger partial charge is 0.363 e.